The summed E-state index contributed by atoms with van der Waals surface area (Å²) in [6.07, 6.45) is 7.08. The van der Waals surface area contributed by atoms with Gasteiger partial charge in [0.1, 0.15) is 5.82 Å². The maximum absolute atomic E-state index is 5.38. The average Bonchev–Trinajstić information content (AvgIpc) is 3.07. The van der Waals surface area contributed by atoms with Gasteiger partial charge in [0, 0.05) is 37.6 Å². The molecule has 8 heteroatoms. The predicted molar refractivity (Wildman–Crippen MR) is 138 cm³/mol. The summed E-state index contributed by atoms with van der Waals surface area (Å²) in [6.45, 7) is 5.57. The average molecular weight is 539 g/mol. The topological polar surface area (TPSA) is 71.0 Å². The molecule has 1 aliphatic heterocycles. The first-order valence-corrected chi connectivity index (χ1v) is 10.7. The molecule has 0 radical (unpaired) electrons. The van der Waals surface area contributed by atoms with Crippen LogP contribution in [0, 0.1) is 0 Å². The number of nitrogens with one attached hydrogen (secondary N) is 2. The molecule has 0 spiro atoms. The summed E-state index contributed by atoms with van der Waals surface area (Å²) in [5.41, 5.74) is 1.96. The summed E-state index contributed by atoms with van der Waals surface area (Å²) in [7, 11) is 3.26. The van der Waals surface area contributed by atoms with Gasteiger partial charge in [0.2, 0.25) is 0 Å². The van der Waals surface area contributed by atoms with E-state index in [0.717, 1.165) is 36.7 Å². The van der Waals surface area contributed by atoms with E-state index in [2.05, 4.69) is 32.7 Å². The number of benzene rings is 1. The Labute approximate surface area is 202 Å². The smallest absolute Gasteiger partial charge is 0.196 e. The van der Waals surface area contributed by atoms with Crippen LogP contribution in [-0.4, -0.2) is 44.8 Å². The Morgan fingerprint density at radius 2 is 1.77 bits per heavy atom. The van der Waals surface area contributed by atoms with Gasteiger partial charge in [-0.15, -0.1) is 24.0 Å². The number of guanidine groups is 1. The van der Waals surface area contributed by atoms with Crippen molar-refractivity contribution in [1.29, 1.82) is 0 Å². The second-order valence-electron chi connectivity index (χ2n) is 7.32. The first kappa shape index (κ1) is 25.0. The maximum Gasteiger partial charge on any atom is 0.196 e. The van der Waals surface area contributed by atoms with Crippen LogP contribution in [0.25, 0.3) is 0 Å². The quantitative estimate of drug-likeness (QED) is 0.303. The third-order valence-corrected chi connectivity index (χ3v) is 5.15. The van der Waals surface area contributed by atoms with Crippen LogP contribution in [0.15, 0.2) is 41.5 Å². The molecule has 2 N–H and O–H groups in total. The predicted octanol–water partition coefficient (Wildman–Crippen LogP) is 4.67. The number of rotatable bonds is 7. The van der Waals surface area contributed by atoms with Gasteiger partial charge in [-0.05, 0) is 43.5 Å². The zero-order chi connectivity index (χ0) is 21.2. The molecule has 1 aromatic heterocycles. The number of pyridine rings is 1. The van der Waals surface area contributed by atoms with Gasteiger partial charge in [-0.2, -0.15) is 0 Å². The van der Waals surface area contributed by atoms with Crippen molar-refractivity contribution in [3.8, 4) is 11.5 Å². The first-order valence-electron chi connectivity index (χ1n) is 10.7. The SMILES string of the molecule is CCNC(=NCc1ccc(N2CCCCCC2)nc1)Nc1ccc(OC)c(OC)c1.I. The van der Waals surface area contributed by atoms with E-state index in [-0.39, 0.29) is 24.0 Å². The molecule has 31 heavy (non-hydrogen) atoms. The van der Waals surface area contributed by atoms with Crippen LogP contribution < -0.4 is 25.0 Å². The van der Waals surface area contributed by atoms with Crippen molar-refractivity contribution >= 4 is 41.4 Å². The van der Waals surface area contributed by atoms with Crippen LogP contribution in [0.4, 0.5) is 11.5 Å². The highest BCUT2D eigenvalue weighted by Crippen LogP contribution is 2.29. The van der Waals surface area contributed by atoms with Gasteiger partial charge in [-0.25, -0.2) is 9.98 Å². The molecule has 2 heterocycles. The molecule has 3 rings (SSSR count). The van der Waals surface area contributed by atoms with E-state index >= 15 is 0 Å². The molecule has 2 aromatic rings. The molecule has 0 bridgehead atoms. The molecular weight excluding hydrogens is 505 g/mol. The number of methoxy groups -OCH3 is 2. The minimum absolute atomic E-state index is 0. The summed E-state index contributed by atoms with van der Waals surface area (Å²) < 4.78 is 10.7. The molecule has 1 aliphatic rings. The van der Waals surface area contributed by atoms with Crippen molar-refractivity contribution < 1.29 is 9.47 Å². The van der Waals surface area contributed by atoms with E-state index in [1.807, 2.05) is 31.3 Å². The lowest BCUT2D eigenvalue weighted by atomic mass is 10.2. The van der Waals surface area contributed by atoms with Crippen LogP contribution in [0.3, 0.4) is 0 Å². The van der Waals surface area contributed by atoms with Crippen molar-refractivity contribution in [3.63, 3.8) is 0 Å². The number of aromatic nitrogens is 1. The number of halogens is 1. The Morgan fingerprint density at radius 1 is 1.03 bits per heavy atom. The molecule has 0 saturated carbocycles. The summed E-state index contributed by atoms with van der Waals surface area (Å²) >= 11 is 0. The standard InChI is InChI=1S/C23H33N5O2.HI/c1-4-24-23(27-19-10-11-20(29-2)21(15-19)30-3)26-17-18-9-12-22(25-16-18)28-13-7-5-6-8-14-28;/h9-12,15-16H,4-8,13-14,17H2,1-3H3,(H2,24,26,27);1H. The lowest BCUT2D eigenvalue weighted by molar-refractivity contribution is 0.355. The monoisotopic (exact) mass is 539 g/mol. The van der Waals surface area contributed by atoms with E-state index in [1.54, 1.807) is 14.2 Å². The van der Waals surface area contributed by atoms with Gasteiger partial charge in [0.25, 0.3) is 0 Å². The van der Waals surface area contributed by atoms with Crippen molar-refractivity contribution in [3.05, 3.63) is 42.1 Å². The van der Waals surface area contributed by atoms with Gasteiger partial charge < -0.3 is 25.0 Å². The molecular formula is C23H34IN5O2. The van der Waals surface area contributed by atoms with Gasteiger partial charge in [-0.1, -0.05) is 18.9 Å². The highest BCUT2D eigenvalue weighted by atomic mass is 127. The van der Waals surface area contributed by atoms with E-state index in [1.165, 1.54) is 25.7 Å². The lowest BCUT2D eigenvalue weighted by Crippen LogP contribution is -2.30. The van der Waals surface area contributed by atoms with Gasteiger partial charge in [0.15, 0.2) is 17.5 Å². The van der Waals surface area contributed by atoms with E-state index in [4.69, 9.17) is 14.5 Å². The zero-order valence-corrected chi connectivity index (χ0v) is 21.0. The number of ether oxygens (including phenoxy) is 2. The molecule has 170 valence electrons. The van der Waals surface area contributed by atoms with Crippen LogP contribution >= 0.6 is 24.0 Å². The molecule has 0 amide bonds. The van der Waals surface area contributed by atoms with Crippen molar-refractivity contribution in [2.75, 3.05) is 44.1 Å². The van der Waals surface area contributed by atoms with Crippen molar-refractivity contribution in [2.45, 2.75) is 39.2 Å². The second-order valence-corrected chi connectivity index (χ2v) is 7.32. The number of aliphatic imine (C=N–C) groups is 1. The molecule has 7 nitrogen and oxygen atoms in total. The fourth-order valence-corrected chi connectivity index (χ4v) is 3.53. The first-order chi connectivity index (χ1) is 14.7. The third kappa shape index (κ3) is 7.45. The van der Waals surface area contributed by atoms with Gasteiger partial charge in [0.05, 0.1) is 20.8 Å². The maximum atomic E-state index is 5.38. The van der Waals surface area contributed by atoms with Crippen LogP contribution in [0.5, 0.6) is 11.5 Å². The Bertz CT molecular complexity index is 821. The molecule has 1 saturated heterocycles. The van der Waals surface area contributed by atoms with Crippen LogP contribution in [0.2, 0.25) is 0 Å². The van der Waals surface area contributed by atoms with Crippen molar-refractivity contribution in [2.24, 2.45) is 4.99 Å². The molecule has 1 aromatic carbocycles. The summed E-state index contributed by atoms with van der Waals surface area (Å²) in [5, 5.41) is 6.60. The summed E-state index contributed by atoms with van der Waals surface area (Å²) in [5.74, 6) is 3.15. The highest BCUT2D eigenvalue weighted by molar-refractivity contribution is 14.0. The number of hydrogen-bond acceptors (Lipinski definition) is 5. The lowest BCUT2D eigenvalue weighted by Gasteiger charge is -2.21. The molecule has 1 fully saturated rings. The van der Waals surface area contributed by atoms with Gasteiger partial charge >= 0.3 is 0 Å². The third-order valence-electron chi connectivity index (χ3n) is 5.15. The zero-order valence-electron chi connectivity index (χ0n) is 18.7. The van der Waals surface area contributed by atoms with Gasteiger partial charge in [-0.3, -0.25) is 0 Å². The Kier molecular flexibility index (Phi) is 10.7. The fraction of sp³-hybridized carbons (Fsp3) is 0.478. The Hall–Kier alpha value is -2.23. The van der Waals surface area contributed by atoms with Crippen molar-refractivity contribution in [1.82, 2.24) is 10.3 Å². The summed E-state index contributed by atoms with van der Waals surface area (Å²) in [4.78, 5) is 11.8. The number of hydrogen-bond donors (Lipinski definition) is 2. The molecule has 0 unspecified atom stereocenters. The Morgan fingerprint density at radius 3 is 2.39 bits per heavy atom. The van der Waals surface area contributed by atoms with E-state index < -0.39 is 0 Å². The van der Waals surface area contributed by atoms with E-state index in [9.17, 15) is 0 Å². The summed E-state index contributed by atoms with van der Waals surface area (Å²) in [6, 6.07) is 9.94. The number of anilines is 2. The fourth-order valence-electron chi connectivity index (χ4n) is 3.53. The van der Waals surface area contributed by atoms with Crippen LogP contribution in [-0.2, 0) is 6.54 Å². The Balaban J connectivity index is 0.00000341. The normalized spacial score (nSPS) is 14.3. The largest absolute Gasteiger partial charge is 0.493 e. The van der Waals surface area contributed by atoms with Crippen LogP contribution in [0.1, 0.15) is 38.2 Å². The second kappa shape index (κ2) is 13.2. The molecule has 0 atom stereocenters. The highest BCUT2D eigenvalue weighted by Gasteiger charge is 2.11. The molecule has 0 aliphatic carbocycles. The minimum Gasteiger partial charge on any atom is -0.493 e. The number of nitrogens with zero attached hydrogens (tertiary/aromatic N) is 3. The minimum atomic E-state index is 0. The van der Waals surface area contributed by atoms with E-state index in [0.29, 0.717) is 24.0 Å².